The highest BCUT2D eigenvalue weighted by atomic mass is 16.6. The van der Waals surface area contributed by atoms with Gasteiger partial charge in [0.1, 0.15) is 0 Å². The summed E-state index contributed by atoms with van der Waals surface area (Å²) in [6.07, 6.45) is 1.05. The molecule has 104 valence electrons. The van der Waals surface area contributed by atoms with Crippen LogP contribution in [0.15, 0.2) is 18.2 Å². The number of nitrogens with zero attached hydrogens (tertiary/aromatic N) is 2. The average Bonchev–Trinajstić information content (AvgIpc) is 2.87. The van der Waals surface area contributed by atoms with Gasteiger partial charge in [0.25, 0.3) is 5.69 Å². The maximum Gasteiger partial charge on any atom is 0.275 e. The summed E-state index contributed by atoms with van der Waals surface area (Å²) in [7, 11) is 1.69. The first-order chi connectivity index (χ1) is 9.15. The lowest BCUT2D eigenvalue weighted by atomic mass is 10.1. The number of nitro groups is 1. The minimum Gasteiger partial charge on any atom is -0.391 e. The molecule has 6 nitrogen and oxygen atoms in total. The Morgan fingerprint density at radius 2 is 2.37 bits per heavy atom. The summed E-state index contributed by atoms with van der Waals surface area (Å²) in [6, 6.07) is 4.91. The monoisotopic (exact) mass is 266 g/mol. The molecule has 1 aliphatic rings. The lowest BCUT2D eigenvalue weighted by Gasteiger charge is -2.19. The smallest absolute Gasteiger partial charge is 0.275 e. The molecule has 1 heterocycles. The second-order valence-electron chi connectivity index (χ2n) is 4.78. The topological polar surface area (TPSA) is 75.8 Å². The van der Waals surface area contributed by atoms with Crippen LogP contribution >= 0.6 is 0 Å². The summed E-state index contributed by atoms with van der Waals surface area (Å²) < 4.78 is 5.15. The fraction of sp³-hybridized carbons (Fsp3) is 0.538. The quantitative estimate of drug-likeness (QED) is 0.646. The van der Waals surface area contributed by atoms with Crippen LogP contribution in [-0.4, -0.2) is 36.8 Å². The van der Waals surface area contributed by atoms with Crippen molar-refractivity contribution in [2.75, 3.05) is 31.7 Å². The maximum atomic E-state index is 10.8. The Morgan fingerprint density at radius 1 is 1.58 bits per heavy atom. The zero-order valence-electron chi connectivity index (χ0n) is 10.9. The highest BCUT2D eigenvalue weighted by molar-refractivity contribution is 5.56. The van der Waals surface area contributed by atoms with Crippen molar-refractivity contribution in [3.63, 3.8) is 0 Å². The molecule has 0 radical (unpaired) electrons. The molecule has 1 aromatic carbocycles. The van der Waals surface area contributed by atoms with Crippen LogP contribution < -0.4 is 4.90 Å². The Bertz CT molecular complexity index is 464. The highest BCUT2D eigenvalue weighted by Crippen LogP contribution is 2.28. The normalized spacial score (nSPS) is 18.8. The lowest BCUT2D eigenvalue weighted by molar-refractivity contribution is -0.385. The number of hydrogen-bond donors (Lipinski definition) is 1. The third-order valence-corrected chi connectivity index (χ3v) is 3.48. The van der Waals surface area contributed by atoms with Gasteiger partial charge in [-0.3, -0.25) is 10.1 Å². The van der Waals surface area contributed by atoms with Gasteiger partial charge in [0.2, 0.25) is 0 Å². The van der Waals surface area contributed by atoms with Crippen LogP contribution in [0.25, 0.3) is 0 Å². The van der Waals surface area contributed by atoms with Crippen LogP contribution in [0.3, 0.4) is 0 Å². The van der Waals surface area contributed by atoms with Gasteiger partial charge in [-0.1, -0.05) is 0 Å². The van der Waals surface area contributed by atoms with E-state index in [1.807, 2.05) is 0 Å². The van der Waals surface area contributed by atoms with Gasteiger partial charge in [-0.15, -0.1) is 0 Å². The van der Waals surface area contributed by atoms with E-state index in [-0.39, 0.29) is 12.3 Å². The molecule has 0 spiro atoms. The molecule has 0 aromatic heterocycles. The fourth-order valence-electron chi connectivity index (χ4n) is 2.51. The third-order valence-electron chi connectivity index (χ3n) is 3.48. The average molecular weight is 266 g/mol. The zero-order chi connectivity index (χ0) is 13.8. The predicted molar refractivity (Wildman–Crippen MR) is 71.2 cm³/mol. The Labute approximate surface area is 111 Å². The summed E-state index contributed by atoms with van der Waals surface area (Å²) in [4.78, 5) is 12.5. The van der Waals surface area contributed by atoms with E-state index in [9.17, 15) is 15.2 Å². The minimum absolute atomic E-state index is 0.0288. The molecule has 6 heteroatoms. The molecular weight excluding hydrogens is 248 g/mol. The highest BCUT2D eigenvalue weighted by Gasteiger charge is 2.24. The molecule has 1 N–H and O–H groups in total. The first-order valence-corrected chi connectivity index (χ1v) is 6.27. The molecule has 1 saturated heterocycles. The number of nitro benzene ring substituents is 1. The molecule has 1 fully saturated rings. The molecule has 1 aromatic rings. The van der Waals surface area contributed by atoms with Crippen LogP contribution in [0.4, 0.5) is 11.4 Å². The van der Waals surface area contributed by atoms with Crippen LogP contribution in [0.2, 0.25) is 0 Å². The lowest BCUT2D eigenvalue weighted by Crippen LogP contribution is -2.21. The maximum absolute atomic E-state index is 10.8. The van der Waals surface area contributed by atoms with Crippen molar-refractivity contribution in [3.8, 4) is 0 Å². The standard InChI is InChI=1S/C13H18N2O4/c1-19-9-10-4-5-14(7-10)12-2-3-13(15(17)18)11(6-12)8-16/h2-3,6,10,16H,4-5,7-9H2,1H3. The fourth-order valence-corrected chi connectivity index (χ4v) is 2.51. The number of aliphatic hydroxyl groups is 1. The summed E-state index contributed by atoms with van der Waals surface area (Å²) in [5, 5.41) is 20.0. The van der Waals surface area contributed by atoms with Gasteiger partial charge in [-0.2, -0.15) is 0 Å². The van der Waals surface area contributed by atoms with E-state index in [1.54, 1.807) is 19.2 Å². The van der Waals surface area contributed by atoms with Crippen molar-refractivity contribution >= 4 is 11.4 Å². The number of anilines is 1. The van der Waals surface area contributed by atoms with Gasteiger partial charge < -0.3 is 14.7 Å². The number of benzene rings is 1. The van der Waals surface area contributed by atoms with Crippen LogP contribution in [0.1, 0.15) is 12.0 Å². The van der Waals surface area contributed by atoms with E-state index in [0.717, 1.165) is 31.8 Å². The molecule has 0 saturated carbocycles. The van der Waals surface area contributed by atoms with Crippen molar-refractivity contribution in [1.29, 1.82) is 0 Å². The number of hydrogen-bond acceptors (Lipinski definition) is 5. The number of aliphatic hydroxyl groups excluding tert-OH is 1. The van der Waals surface area contributed by atoms with Gasteiger partial charge in [-0.05, 0) is 18.6 Å². The van der Waals surface area contributed by atoms with E-state index >= 15 is 0 Å². The molecule has 0 bridgehead atoms. The molecule has 1 aliphatic heterocycles. The summed E-state index contributed by atoms with van der Waals surface area (Å²) in [5.74, 6) is 0.498. The molecule has 2 rings (SSSR count). The van der Waals surface area contributed by atoms with Gasteiger partial charge in [0, 0.05) is 37.9 Å². The summed E-state index contributed by atoms with van der Waals surface area (Å²) in [5.41, 5.74) is 1.25. The van der Waals surface area contributed by atoms with E-state index in [1.165, 1.54) is 6.07 Å². The predicted octanol–water partition coefficient (Wildman–Crippen LogP) is 1.56. The van der Waals surface area contributed by atoms with Crippen LogP contribution in [0.5, 0.6) is 0 Å². The second-order valence-corrected chi connectivity index (χ2v) is 4.78. The number of ether oxygens (including phenoxy) is 1. The van der Waals surface area contributed by atoms with Gasteiger partial charge in [0.15, 0.2) is 0 Å². The molecular formula is C13H18N2O4. The number of methoxy groups -OCH3 is 1. The Hall–Kier alpha value is -1.66. The van der Waals surface area contributed by atoms with E-state index in [4.69, 9.17) is 4.74 Å². The van der Waals surface area contributed by atoms with E-state index < -0.39 is 4.92 Å². The van der Waals surface area contributed by atoms with Crippen LogP contribution in [0, 0.1) is 16.0 Å². The van der Waals surface area contributed by atoms with Crippen molar-refractivity contribution in [3.05, 3.63) is 33.9 Å². The zero-order valence-corrected chi connectivity index (χ0v) is 10.9. The molecule has 0 aliphatic carbocycles. The van der Waals surface area contributed by atoms with Gasteiger partial charge in [0.05, 0.1) is 23.7 Å². The third kappa shape index (κ3) is 3.02. The van der Waals surface area contributed by atoms with E-state index in [0.29, 0.717) is 11.5 Å². The SMILES string of the molecule is COCC1CCN(c2ccc([N+](=O)[O-])c(CO)c2)C1. The van der Waals surface area contributed by atoms with Gasteiger partial charge >= 0.3 is 0 Å². The molecule has 0 amide bonds. The first-order valence-electron chi connectivity index (χ1n) is 6.27. The Balaban J connectivity index is 2.16. The molecule has 1 atom stereocenters. The first kappa shape index (κ1) is 13.8. The summed E-state index contributed by atoms with van der Waals surface area (Å²) in [6.45, 7) is 2.21. The van der Waals surface area contributed by atoms with Crippen molar-refractivity contribution < 1.29 is 14.8 Å². The van der Waals surface area contributed by atoms with Crippen molar-refractivity contribution in [1.82, 2.24) is 0 Å². The van der Waals surface area contributed by atoms with Crippen LogP contribution in [-0.2, 0) is 11.3 Å². The summed E-state index contributed by atoms with van der Waals surface area (Å²) >= 11 is 0. The Morgan fingerprint density at radius 3 is 3.00 bits per heavy atom. The van der Waals surface area contributed by atoms with Crippen molar-refractivity contribution in [2.24, 2.45) is 5.92 Å². The minimum atomic E-state index is -0.465. The second kappa shape index (κ2) is 5.99. The molecule has 1 unspecified atom stereocenters. The van der Waals surface area contributed by atoms with E-state index in [2.05, 4.69) is 4.90 Å². The van der Waals surface area contributed by atoms with Crippen molar-refractivity contribution in [2.45, 2.75) is 13.0 Å². The number of rotatable bonds is 5. The molecule has 19 heavy (non-hydrogen) atoms. The van der Waals surface area contributed by atoms with Gasteiger partial charge in [-0.25, -0.2) is 0 Å². The Kier molecular flexibility index (Phi) is 4.34. The largest absolute Gasteiger partial charge is 0.391 e.